The lowest BCUT2D eigenvalue weighted by atomic mass is 10.2. The lowest BCUT2D eigenvalue weighted by molar-refractivity contribution is 0.0640. The Morgan fingerprint density at radius 2 is 1.74 bits per heavy atom. The summed E-state index contributed by atoms with van der Waals surface area (Å²) < 4.78 is 24.1. The van der Waals surface area contributed by atoms with Crippen LogP contribution in [0.2, 0.25) is 0 Å². The molecule has 7 nitrogen and oxygen atoms in total. The first-order valence-corrected chi connectivity index (χ1v) is 9.94. The monoisotopic (exact) mass is 423 g/mol. The van der Waals surface area contributed by atoms with Gasteiger partial charge >= 0.3 is 6.03 Å². The minimum Gasteiger partial charge on any atom is -0.489 e. The summed E-state index contributed by atoms with van der Waals surface area (Å²) in [6.07, 6.45) is 1.47. The van der Waals surface area contributed by atoms with Crippen LogP contribution in [0.5, 0.6) is 5.75 Å². The van der Waals surface area contributed by atoms with Crippen LogP contribution in [0, 0.1) is 5.82 Å². The fraction of sp³-hybridized carbons (Fsp3) is 0.217. The summed E-state index contributed by atoms with van der Waals surface area (Å²) in [7, 11) is 0. The van der Waals surface area contributed by atoms with Gasteiger partial charge in [0.1, 0.15) is 18.2 Å². The molecule has 160 valence electrons. The Bertz CT molecular complexity index is 1050. The highest BCUT2D eigenvalue weighted by Crippen LogP contribution is 2.20. The van der Waals surface area contributed by atoms with Crippen LogP contribution in [-0.2, 0) is 6.61 Å². The zero-order valence-electron chi connectivity index (χ0n) is 16.8. The van der Waals surface area contributed by atoms with Gasteiger partial charge < -0.3 is 24.3 Å². The topological polar surface area (TPSA) is 75.0 Å². The summed E-state index contributed by atoms with van der Waals surface area (Å²) in [6, 6.07) is 16.3. The molecule has 1 aromatic heterocycles. The summed E-state index contributed by atoms with van der Waals surface area (Å²) in [4.78, 5) is 28.3. The van der Waals surface area contributed by atoms with E-state index in [1.807, 2.05) is 0 Å². The van der Waals surface area contributed by atoms with Gasteiger partial charge in [0.2, 0.25) is 0 Å². The van der Waals surface area contributed by atoms with Gasteiger partial charge in [0.15, 0.2) is 5.76 Å². The molecule has 1 N–H and O–H groups in total. The average Bonchev–Trinajstić information content (AvgIpc) is 3.33. The van der Waals surface area contributed by atoms with Gasteiger partial charge in [0.25, 0.3) is 5.91 Å². The van der Waals surface area contributed by atoms with Crippen LogP contribution in [0.25, 0.3) is 0 Å². The van der Waals surface area contributed by atoms with Crippen LogP contribution in [0.1, 0.15) is 16.1 Å². The molecule has 1 fully saturated rings. The van der Waals surface area contributed by atoms with Crippen LogP contribution in [-0.4, -0.2) is 47.9 Å². The number of nitrogens with one attached hydrogen (secondary N) is 1. The maximum atomic E-state index is 13.3. The zero-order valence-corrected chi connectivity index (χ0v) is 16.8. The molecule has 3 amide bonds. The number of urea groups is 1. The number of hydrogen-bond acceptors (Lipinski definition) is 4. The maximum Gasteiger partial charge on any atom is 0.321 e. The first-order valence-electron chi connectivity index (χ1n) is 9.94. The second kappa shape index (κ2) is 9.34. The van der Waals surface area contributed by atoms with Crippen molar-refractivity contribution in [2.75, 3.05) is 31.5 Å². The molecule has 0 bridgehead atoms. The highest BCUT2D eigenvalue weighted by atomic mass is 19.1. The van der Waals surface area contributed by atoms with Crippen molar-refractivity contribution in [3.05, 3.63) is 84.1 Å². The van der Waals surface area contributed by atoms with Crippen molar-refractivity contribution in [1.29, 1.82) is 0 Å². The minimum absolute atomic E-state index is 0.173. The molecule has 8 heteroatoms. The number of rotatable bonds is 5. The molecular formula is C23H22FN3O4. The molecule has 0 unspecified atom stereocenters. The molecule has 0 radical (unpaired) electrons. The van der Waals surface area contributed by atoms with Gasteiger partial charge in [0.05, 0.1) is 6.26 Å². The van der Waals surface area contributed by atoms with Crippen molar-refractivity contribution in [1.82, 2.24) is 9.80 Å². The van der Waals surface area contributed by atoms with Crippen molar-refractivity contribution >= 4 is 17.6 Å². The molecular weight excluding hydrogens is 401 g/mol. The number of ether oxygens (including phenoxy) is 1. The molecule has 4 rings (SSSR count). The molecule has 0 spiro atoms. The van der Waals surface area contributed by atoms with E-state index in [4.69, 9.17) is 9.15 Å². The molecule has 3 aromatic rings. The van der Waals surface area contributed by atoms with E-state index in [-0.39, 0.29) is 24.4 Å². The number of furan rings is 1. The van der Waals surface area contributed by atoms with Gasteiger partial charge in [-0.05, 0) is 42.0 Å². The lowest BCUT2D eigenvalue weighted by Crippen LogP contribution is -2.51. The Kier molecular flexibility index (Phi) is 6.16. The van der Waals surface area contributed by atoms with Crippen LogP contribution in [0.3, 0.4) is 0 Å². The summed E-state index contributed by atoms with van der Waals surface area (Å²) in [5.74, 6) is 0.380. The number of anilines is 1. The zero-order chi connectivity index (χ0) is 21.6. The van der Waals surface area contributed by atoms with Gasteiger partial charge in [-0.25, -0.2) is 9.18 Å². The van der Waals surface area contributed by atoms with Crippen molar-refractivity contribution in [2.24, 2.45) is 0 Å². The Balaban J connectivity index is 1.29. The predicted molar refractivity (Wildman–Crippen MR) is 112 cm³/mol. The highest BCUT2D eigenvalue weighted by Gasteiger charge is 2.26. The summed E-state index contributed by atoms with van der Waals surface area (Å²) >= 11 is 0. The van der Waals surface area contributed by atoms with E-state index in [2.05, 4.69) is 5.32 Å². The lowest BCUT2D eigenvalue weighted by Gasteiger charge is -2.34. The maximum absolute atomic E-state index is 13.3. The minimum atomic E-state index is -0.312. The molecule has 2 aromatic carbocycles. The van der Waals surface area contributed by atoms with Gasteiger partial charge in [-0.1, -0.05) is 18.2 Å². The van der Waals surface area contributed by atoms with Crippen molar-refractivity contribution in [3.8, 4) is 5.75 Å². The third kappa shape index (κ3) is 5.22. The van der Waals surface area contributed by atoms with Gasteiger partial charge in [-0.3, -0.25) is 4.79 Å². The van der Waals surface area contributed by atoms with E-state index in [0.29, 0.717) is 43.4 Å². The van der Waals surface area contributed by atoms with Crippen molar-refractivity contribution < 1.29 is 23.1 Å². The Hall–Kier alpha value is -3.81. The van der Waals surface area contributed by atoms with Crippen LogP contribution in [0.15, 0.2) is 71.3 Å². The fourth-order valence-corrected chi connectivity index (χ4v) is 3.33. The highest BCUT2D eigenvalue weighted by molar-refractivity contribution is 5.92. The average molecular weight is 423 g/mol. The van der Waals surface area contributed by atoms with Gasteiger partial charge in [-0.2, -0.15) is 0 Å². The van der Waals surface area contributed by atoms with E-state index < -0.39 is 0 Å². The second-order valence-corrected chi connectivity index (χ2v) is 7.13. The van der Waals surface area contributed by atoms with Crippen LogP contribution >= 0.6 is 0 Å². The third-order valence-corrected chi connectivity index (χ3v) is 4.97. The summed E-state index contributed by atoms with van der Waals surface area (Å²) in [5, 5.41) is 2.86. The molecule has 1 aliphatic heterocycles. The van der Waals surface area contributed by atoms with Gasteiger partial charge in [-0.15, -0.1) is 0 Å². The smallest absolute Gasteiger partial charge is 0.321 e. The number of benzene rings is 2. The number of amides is 3. The third-order valence-electron chi connectivity index (χ3n) is 4.97. The normalized spacial score (nSPS) is 13.7. The van der Waals surface area contributed by atoms with Gasteiger partial charge in [0, 0.05) is 37.9 Å². The number of hydrogen-bond donors (Lipinski definition) is 1. The van der Waals surface area contributed by atoms with Crippen molar-refractivity contribution in [3.63, 3.8) is 0 Å². The quantitative estimate of drug-likeness (QED) is 0.674. The Morgan fingerprint density at radius 1 is 0.968 bits per heavy atom. The fourth-order valence-electron chi connectivity index (χ4n) is 3.33. The largest absolute Gasteiger partial charge is 0.489 e. The standard InChI is InChI=1S/C23H22FN3O4/c24-18-5-1-4-17(14-18)16-31-20-7-2-6-19(15-20)25-23(29)27-11-9-26(10-12-27)22(28)21-8-3-13-30-21/h1-8,13-15H,9-12,16H2,(H,25,29). The van der Waals surface area contributed by atoms with E-state index in [1.165, 1.54) is 18.4 Å². The molecule has 0 aliphatic carbocycles. The summed E-state index contributed by atoms with van der Waals surface area (Å²) in [5.41, 5.74) is 1.31. The number of halogens is 1. The first kappa shape index (κ1) is 20.5. The number of carbonyl (C=O) groups is 2. The SMILES string of the molecule is O=C(Nc1cccc(OCc2cccc(F)c2)c1)N1CCN(C(=O)c2ccco2)CC1. The Morgan fingerprint density at radius 3 is 2.48 bits per heavy atom. The first-order chi connectivity index (χ1) is 15.1. The predicted octanol–water partition coefficient (Wildman–Crippen LogP) is 3.99. The molecule has 0 saturated carbocycles. The molecule has 1 aliphatic rings. The Labute approximate surface area is 179 Å². The van der Waals surface area contributed by atoms with Crippen LogP contribution < -0.4 is 10.1 Å². The molecule has 2 heterocycles. The number of carbonyl (C=O) groups excluding carboxylic acids is 2. The molecule has 31 heavy (non-hydrogen) atoms. The van der Waals surface area contributed by atoms with Crippen molar-refractivity contribution in [2.45, 2.75) is 6.61 Å². The molecule has 0 atom stereocenters. The number of piperazine rings is 1. The van der Waals surface area contributed by atoms with E-state index in [9.17, 15) is 14.0 Å². The summed E-state index contributed by atoms with van der Waals surface area (Å²) in [6.45, 7) is 1.94. The van der Waals surface area contributed by atoms with E-state index in [1.54, 1.807) is 58.3 Å². The second-order valence-electron chi connectivity index (χ2n) is 7.13. The molecule has 1 saturated heterocycles. The van der Waals surface area contributed by atoms with Crippen LogP contribution in [0.4, 0.5) is 14.9 Å². The number of nitrogens with zero attached hydrogens (tertiary/aromatic N) is 2. The van der Waals surface area contributed by atoms with E-state index in [0.717, 1.165) is 5.56 Å². The van der Waals surface area contributed by atoms with E-state index >= 15 is 0 Å².